The summed E-state index contributed by atoms with van der Waals surface area (Å²) in [4.78, 5) is 11.8. The highest BCUT2D eigenvalue weighted by molar-refractivity contribution is 5.57. The van der Waals surface area contributed by atoms with Gasteiger partial charge in [0.25, 0.3) is 0 Å². The summed E-state index contributed by atoms with van der Waals surface area (Å²) in [7, 11) is 0. The van der Waals surface area contributed by atoms with E-state index in [1.807, 2.05) is 6.92 Å². The molecule has 4 heteroatoms. The fourth-order valence-electron chi connectivity index (χ4n) is 3.11. The van der Waals surface area contributed by atoms with E-state index >= 15 is 0 Å². The lowest BCUT2D eigenvalue weighted by molar-refractivity contribution is 0.301. The Bertz CT molecular complexity index is 512. The summed E-state index contributed by atoms with van der Waals surface area (Å²) < 4.78 is 0. The number of hydrogen-bond acceptors (Lipinski definition) is 4. The number of nitrogen functional groups attached to an aromatic ring is 1. The van der Waals surface area contributed by atoms with Gasteiger partial charge in [0.1, 0.15) is 17.5 Å². The van der Waals surface area contributed by atoms with Gasteiger partial charge in [-0.2, -0.15) is 0 Å². The molecule has 0 radical (unpaired) electrons. The first kappa shape index (κ1) is 16.1. The van der Waals surface area contributed by atoms with Crippen molar-refractivity contribution in [1.29, 1.82) is 0 Å². The summed E-state index contributed by atoms with van der Waals surface area (Å²) >= 11 is 0. The van der Waals surface area contributed by atoms with Crippen LogP contribution in [0.2, 0.25) is 0 Å². The van der Waals surface area contributed by atoms with Crippen LogP contribution in [0.15, 0.2) is 0 Å². The molecule has 2 rings (SSSR count). The molecule has 0 atom stereocenters. The molecular formula is C17H30N4. The molecule has 1 aromatic heterocycles. The second-order valence-corrected chi connectivity index (χ2v) is 7.51. The second-order valence-electron chi connectivity index (χ2n) is 7.51. The van der Waals surface area contributed by atoms with Crippen LogP contribution in [0, 0.1) is 12.3 Å². The number of anilines is 2. The lowest BCUT2D eigenvalue weighted by atomic mass is 9.82. The van der Waals surface area contributed by atoms with Crippen molar-refractivity contribution >= 4 is 11.6 Å². The van der Waals surface area contributed by atoms with Crippen molar-refractivity contribution in [3.05, 3.63) is 11.4 Å². The van der Waals surface area contributed by atoms with Crippen molar-refractivity contribution < 1.29 is 0 Å². The Labute approximate surface area is 129 Å². The van der Waals surface area contributed by atoms with Crippen molar-refractivity contribution in [3.63, 3.8) is 0 Å². The van der Waals surface area contributed by atoms with Gasteiger partial charge < -0.3 is 10.6 Å². The molecule has 118 valence electrons. The average molecular weight is 290 g/mol. The van der Waals surface area contributed by atoms with Gasteiger partial charge in [-0.15, -0.1) is 0 Å². The highest BCUT2D eigenvalue weighted by atomic mass is 15.2. The predicted octanol–water partition coefficient (Wildman–Crippen LogP) is 3.68. The quantitative estimate of drug-likeness (QED) is 0.922. The molecule has 0 aliphatic carbocycles. The van der Waals surface area contributed by atoms with E-state index in [0.29, 0.717) is 11.2 Å². The molecule has 2 N–H and O–H groups in total. The first-order chi connectivity index (χ1) is 9.72. The summed E-state index contributed by atoms with van der Waals surface area (Å²) in [6.45, 7) is 15.2. The lowest BCUT2D eigenvalue weighted by Crippen LogP contribution is -2.29. The lowest BCUT2D eigenvalue weighted by Gasteiger charge is -2.28. The third kappa shape index (κ3) is 2.99. The van der Waals surface area contributed by atoms with E-state index in [-0.39, 0.29) is 5.41 Å². The smallest absolute Gasteiger partial charge is 0.138 e. The van der Waals surface area contributed by atoms with Gasteiger partial charge in [0.2, 0.25) is 0 Å². The van der Waals surface area contributed by atoms with Crippen LogP contribution in [0.4, 0.5) is 11.6 Å². The molecule has 0 saturated carbocycles. The van der Waals surface area contributed by atoms with Crippen LogP contribution in [-0.2, 0) is 5.41 Å². The summed E-state index contributed by atoms with van der Waals surface area (Å²) in [6, 6.07) is 0. The van der Waals surface area contributed by atoms with Gasteiger partial charge in [-0.3, -0.25) is 0 Å². The molecule has 0 amide bonds. The molecule has 1 saturated heterocycles. The maximum absolute atomic E-state index is 6.14. The van der Waals surface area contributed by atoms with Crippen molar-refractivity contribution in [2.45, 2.75) is 66.2 Å². The van der Waals surface area contributed by atoms with Crippen molar-refractivity contribution in [2.75, 3.05) is 23.7 Å². The van der Waals surface area contributed by atoms with Crippen molar-refractivity contribution in [1.82, 2.24) is 9.97 Å². The van der Waals surface area contributed by atoms with Gasteiger partial charge >= 0.3 is 0 Å². The Morgan fingerprint density at radius 1 is 1.19 bits per heavy atom. The van der Waals surface area contributed by atoms with E-state index in [4.69, 9.17) is 10.7 Å². The molecule has 0 spiro atoms. The third-order valence-electron chi connectivity index (χ3n) is 5.07. The van der Waals surface area contributed by atoms with Crippen LogP contribution in [0.3, 0.4) is 0 Å². The van der Waals surface area contributed by atoms with Crippen LogP contribution in [-0.4, -0.2) is 23.1 Å². The normalized spacial score (nSPS) is 18.3. The molecule has 0 bridgehead atoms. The molecule has 2 heterocycles. The fourth-order valence-corrected chi connectivity index (χ4v) is 3.11. The maximum Gasteiger partial charge on any atom is 0.138 e. The van der Waals surface area contributed by atoms with E-state index in [1.54, 1.807) is 0 Å². The average Bonchev–Trinajstić information content (AvgIpc) is 2.85. The molecule has 0 unspecified atom stereocenters. The molecule has 4 nitrogen and oxygen atoms in total. The van der Waals surface area contributed by atoms with Gasteiger partial charge in [-0.1, -0.05) is 34.6 Å². The number of aromatic nitrogens is 2. The van der Waals surface area contributed by atoms with Crippen LogP contribution in [0.25, 0.3) is 0 Å². The highest BCUT2D eigenvalue weighted by Gasteiger charge is 2.36. The van der Waals surface area contributed by atoms with Crippen LogP contribution >= 0.6 is 0 Å². The van der Waals surface area contributed by atoms with E-state index in [1.165, 1.54) is 19.3 Å². The van der Waals surface area contributed by atoms with Gasteiger partial charge in [0, 0.05) is 24.1 Å². The Hall–Kier alpha value is -1.32. The maximum atomic E-state index is 6.14. The summed E-state index contributed by atoms with van der Waals surface area (Å²) in [5, 5.41) is 0. The van der Waals surface area contributed by atoms with E-state index in [9.17, 15) is 0 Å². The van der Waals surface area contributed by atoms with E-state index in [0.717, 1.165) is 30.3 Å². The zero-order chi connectivity index (χ0) is 15.8. The first-order valence-electron chi connectivity index (χ1n) is 8.12. The largest absolute Gasteiger partial charge is 0.383 e. The summed E-state index contributed by atoms with van der Waals surface area (Å²) in [6.07, 6.45) is 3.70. The molecule has 1 aromatic rings. The Morgan fingerprint density at radius 2 is 1.81 bits per heavy atom. The van der Waals surface area contributed by atoms with Crippen LogP contribution in [0.5, 0.6) is 0 Å². The summed E-state index contributed by atoms with van der Waals surface area (Å²) in [5.41, 5.74) is 7.52. The minimum absolute atomic E-state index is 0.0805. The first-order valence-corrected chi connectivity index (χ1v) is 8.12. The molecule has 21 heavy (non-hydrogen) atoms. The molecule has 0 aromatic carbocycles. The van der Waals surface area contributed by atoms with Gasteiger partial charge in [-0.05, 0) is 31.6 Å². The molecular weight excluding hydrogens is 260 g/mol. The standard InChI is InChI=1S/C17H30N4/c1-7-17(8-2)9-10-21(11-17)14-12(3)13(18)19-15(20-14)16(4,5)6/h7-11H2,1-6H3,(H2,18,19,20). The van der Waals surface area contributed by atoms with E-state index < -0.39 is 0 Å². The SMILES string of the molecule is CCC1(CC)CCN(c2nc(C(C)(C)C)nc(N)c2C)C1. The van der Waals surface area contributed by atoms with E-state index in [2.05, 4.69) is 44.5 Å². The van der Waals surface area contributed by atoms with Gasteiger partial charge in [-0.25, -0.2) is 9.97 Å². The zero-order valence-corrected chi connectivity index (χ0v) is 14.5. The Kier molecular flexibility index (Phi) is 4.18. The topological polar surface area (TPSA) is 55.0 Å². The molecule has 1 fully saturated rings. The Morgan fingerprint density at radius 3 is 2.29 bits per heavy atom. The minimum atomic E-state index is -0.0805. The third-order valence-corrected chi connectivity index (χ3v) is 5.07. The fraction of sp³-hybridized carbons (Fsp3) is 0.765. The zero-order valence-electron chi connectivity index (χ0n) is 14.5. The highest BCUT2D eigenvalue weighted by Crippen LogP contribution is 2.40. The van der Waals surface area contributed by atoms with Gasteiger partial charge in [0.05, 0.1) is 0 Å². The molecule has 1 aliphatic rings. The number of hydrogen-bond donors (Lipinski definition) is 1. The Balaban J connectivity index is 2.39. The second kappa shape index (κ2) is 5.47. The number of nitrogens with zero attached hydrogens (tertiary/aromatic N) is 3. The summed E-state index contributed by atoms with van der Waals surface area (Å²) in [5.74, 6) is 2.50. The number of rotatable bonds is 3. The van der Waals surface area contributed by atoms with Crippen LogP contribution < -0.4 is 10.6 Å². The minimum Gasteiger partial charge on any atom is -0.383 e. The van der Waals surface area contributed by atoms with Crippen molar-refractivity contribution in [2.24, 2.45) is 5.41 Å². The monoisotopic (exact) mass is 290 g/mol. The van der Waals surface area contributed by atoms with Crippen LogP contribution in [0.1, 0.15) is 65.3 Å². The van der Waals surface area contributed by atoms with Crippen molar-refractivity contribution in [3.8, 4) is 0 Å². The van der Waals surface area contributed by atoms with Gasteiger partial charge in [0.15, 0.2) is 0 Å². The number of nitrogens with two attached hydrogens (primary N) is 1. The predicted molar refractivity (Wildman–Crippen MR) is 89.7 cm³/mol. The molecule has 1 aliphatic heterocycles.